The van der Waals surface area contributed by atoms with Crippen molar-refractivity contribution in [1.82, 2.24) is 10.6 Å². The summed E-state index contributed by atoms with van der Waals surface area (Å²) in [6.07, 6.45) is -0.269. The van der Waals surface area contributed by atoms with E-state index in [-0.39, 0.29) is 31.3 Å². The Morgan fingerprint density at radius 1 is 1.33 bits per heavy atom. The molecule has 0 aliphatic carbocycles. The van der Waals surface area contributed by atoms with E-state index in [0.29, 0.717) is 29.5 Å². The number of amides is 4. The molecule has 2 aliphatic heterocycles. The smallest absolute Gasteiger partial charge is 0.328 e. The Morgan fingerprint density at radius 2 is 2.08 bits per heavy atom. The summed E-state index contributed by atoms with van der Waals surface area (Å²) in [5, 5.41) is 5.24. The van der Waals surface area contributed by atoms with Crippen LogP contribution in [-0.2, 0) is 14.3 Å². The van der Waals surface area contributed by atoms with Gasteiger partial charge in [0.2, 0.25) is 5.91 Å². The Kier molecular flexibility index (Phi) is 4.98. The first kappa shape index (κ1) is 16.7. The van der Waals surface area contributed by atoms with Gasteiger partial charge in [0, 0.05) is 18.5 Å². The summed E-state index contributed by atoms with van der Waals surface area (Å²) in [4.78, 5) is 36.8. The van der Waals surface area contributed by atoms with Crippen LogP contribution in [0, 0.1) is 0 Å². The molecule has 4 amide bonds. The van der Waals surface area contributed by atoms with E-state index < -0.39 is 12.3 Å². The van der Waals surface area contributed by atoms with Crippen LogP contribution in [0.2, 0.25) is 5.02 Å². The highest BCUT2D eigenvalue weighted by molar-refractivity contribution is 6.34. The first-order chi connectivity index (χ1) is 11.5. The van der Waals surface area contributed by atoms with Crippen LogP contribution in [0.1, 0.15) is 16.8 Å². The topological polar surface area (TPSA) is 97.0 Å². The molecule has 0 saturated carbocycles. The van der Waals surface area contributed by atoms with Gasteiger partial charge in [-0.25, -0.2) is 4.79 Å². The Morgan fingerprint density at radius 3 is 2.79 bits per heavy atom. The normalized spacial score (nSPS) is 18.6. The number of benzene rings is 1. The molecule has 0 aromatic heterocycles. The second kappa shape index (κ2) is 7.16. The lowest BCUT2D eigenvalue weighted by atomic mass is 10.1. The SMILES string of the molecule is O=C1CCN(c2cc(C(=O)NCC3OCCO3)ccc2Cl)C(=O)N1. The number of nitrogens with zero attached hydrogens (tertiary/aromatic N) is 1. The second-order valence-corrected chi connectivity index (χ2v) is 5.71. The van der Waals surface area contributed by atoms with Crippen molar-refractivity contribution < 1.29 is 23.9 Å². The fourth-order valence-electron chi connectivity index (χ4n) is 2.46. The van der Waals surface area contributed by atoms with E-state index in [2.05, 4.69) is 10.6 Å². The minimum Gasteiger partial charge on any atom is -0.348 e. The van der Waals surface area contributed by atoms with Gasteiger partial charge in [0.15, 0.2) is 6.29 Å². The number of imide groups is 1. The summed E-state index contributed by atoms with van der Waals surface area (Å²) in [5.41, 5.74) is 0.722. The zero-order chi connectivity index (χ0) is 17.1. The molecule has 2 saturated heterocycles. The van der Waals surface area contributed by atoms with E-state index in [4.69, 9.17) is 21.1 Å². The highest BCUT2D eigenvalue weighted by Gasteiger charge is 2.26. The predicted octanol–water partition coefficient (Wildman–Crippen LogP) is 0.889. The Bertz CT molecular complexity index is 675. The second-order valence-electron chi connectivity index (χ2n) is 5.30. The van der Waals surface area contributed by atoms with Crippen LogP contribution in [0.3, 0.4) is 0 Å². The van der Waals surface area contributed by atoms with E-state index >= 15 is 0 Å². The number of nitrogens with one attached hydrogen (secondary N) is 2. The maximum Gasteiger partial charge on any atom is 0.328 e. The van der Waals surface area contributed by atoms with Gasteiger partial charge >= 0.3 is 6.03 Å². The van der Waals surface area contributed by atoms with E-state index in [9.17, 15) is 14.4 Å². The molecule has 0 unspecified atom stereocenters. The molecule has 0 spiro atoms. The van der Waals surface area contributed by atoms with Crippen LogP contribution in [0.5, 0.6) is 0 Å². The zero-order valence-corrected chi connectivity index (χ0v) is 13.5. The lowest BCUT2D eigenvalue weighted by Gasteiger charge is -2.27. The fraction of sp³-hybridized carbons (Fsp3) is 0.400. The van der Waals surface area contributed by atoms with Crippen LogP contribution < -0.4 is 15.5 Å². The van der Waals surface area contributed by atoms with Crippen LogP contribution in [0.4, 0.5) is 10.5 Å². The number of urea groups is 1. The minimum absolute atomic E-state index is 0.175. The molecule has 3 rings (SSSR count). The van der Waals surface area contributed by atoms with E-state index in [1.54, 1.807) is 6.07 Å². The molecule has 24 heavy (non-hydrogen) atoms. The highest BCUT2D eigenvalue weighted by Crippen LogP contribution is 2.28. The van der Waals surface area contributed by atoms with Crippen LogP contribution in [0.15, 0.2) is 18.2 Å². The zero-order valence-electron chi connectivity index (χ0n) is 12.7. The van der Waals surface area contributed by atoms with Crippen molar-refractivity contribution in [2.45, 2.75) is 12.7 Å². The first-order valence-electron chi connectivity index (χ1n) is 7.47. The molecule has 2 heterocycles. The number of carbonyl (C=O) groups excluding carboxylic acids is 3. The molecule has 128 valence electrons. The number of rotatable bonds is 4. The number of carbonyl (C=O) groups is 3. The number of halogens is 1. The number of ether oxygens (including phenoxy) is 2. The van der Waals surface area contributed by atoms with Crippen molar-refractivity contribution in [2.24, 2.45) is 0 Å². The molecular weight excluding hydrogens is 338 g/mol. The van der Waals surface area contributed by atoms with Gasteiger partial charge in [-0.1, -0.05) is 11.6 Å². The number of hydrogen-bond donors (Lipinski definition) is 2. The summed E-state index contributed by atoms with van der Waals surface area (Å²) >= 11 is 6.14. The molecular formula is C15H16ClN3O5. The fourth-order valence-corrected chi connectivity index (χ4v) is 2.68. The van der Waals surface area contributed by atoms with Crippen LogP contribution in [0.25, 0.3) is 0 Å². The van der Waals surface area contributed by atoms with Gasteiger partial charge in [0.1, 0.15) is 0 Å². The standard InChI is InChI=1S/C15H16ClN3O5/c16-10-2-1-9(14(21)17-8-13-23-5-6-24-13)7-11(10)19-4-3-12(20)18-15(19)22/h1-2,7,13H,3-6,8H2,(H,17,21)(H,18,20,22). The Balaban J connectivity index is 1.72. The quantitative estimate of drug-likeness (QED) is 0.838. The summed E-state index contributed by atoms with van der Waals surface area (Å²) in [5.74, 6) is -0.668. The predicted molar refractivity (Wildman–Crippen MR) is 85.0 cm³/mol. The Hall–Kier alpha value is -2.16. The molecule has 2 aliphatic rings. The lowest BCUT2D eigenvalue weighted by molar-refractivity contribution is -0.120. The molecule has 9 heteroatoms. The van der Waals surface area contributed by atoms with Crippen molar-refractivity contribution in [2.75, 3.05) is 31.2 Å². The monoisotopic (exact) mass is 353 g/mol. The van der Waals surface area contributed by atoms with Crippen molar-refractivity contribution in [3.63, 3.8) is 0 Å². The van der Waals surface area contributed by atoms with Crippen molar-refractivity contribution in [3.8, 4) is 0 Å². The highest BCUT2D eigenvalue weighted by atomic mass is 35.5. The lowest BCUT2D eigenvalue weighted by Crippen LogP contribution is -2.49. The van der Waals surface area contributed by atoms with Gasteiger partial charge in [-0.3, -0.25) is 19.8 Å². The summed E-state index contributed by atoms with van der Waals surface area (Å²) < 4.78 is 10.5. The van der Waals surface area contributed by atoms with Gasteiger partial charge in [-0.2, -0.15) is 0 Å². The first-order valence-corrected chi connectivity index (χ1v) is 7.84. The molecule has 0 atom stereocenters. The maximum absolute atomic E-state index is 12.2. The molecule has 8 nitrogen and oxygen atoms in total. The number of anilines is 1. The third kappa shape index (κ3) is 3.66. The molecule has 1 aromatic rings. The van der Waals surface area contributed by atoms with Crippen molar-refractivity contribution >= 4 is 35.1 Å². The molecule has 2 N–H and O–H groups in total. The summed E-state index contributed by atoms with van der Waals surface area (Å²) in [6, 6.07) is 4.06. The van der Waals surface area contributed by atoms with Gasteiger partial charge in [0.05, 0.1) is 30.5 Å². The maximum atomic E-state index is 12.2. The average Bonchev–Trinajstić information content (AvgIpc) is 3.07. The summed E-state index contributed by atoms with van der Waals surface area (Å²) in [6.45, 7) is 1.46. The van der Waals surface area contributed by atoms with Crippen molar-refractivity contribution in [3.05, 3.63) is 28.8 Å². The minimum atomic E-state index is -0.557. The van der Waals surface area contributed by atoms with E-state index in [1.165, 1.54) is 17.0 Å². The molecule has 0 radical (unpaired) electrons. The Labute approximate surface area is 143 Å². The average molecular weight is 354 g/mol. The van der Waals surface area contributed by atoms with Crippen LogP contribution >= 0.6 is 11.6 Å². The van der Waals surface area contributed by atoms with Gasteiger partial charge in [0.25, 0.3) is 5.91 Å². The molecule has 2 fully saturated rings. The molecule has 0 bridgehead atoms. The van der Waals surface area contributed by atoms with Crippen LogP contribution in [-0.4, -0.2) is 50.4 Å². The van der Waals surface area contributed by atoms with Crippen molar-refractivity contribution in [1.29, 1.82) is 0 Å². The third-order valence-corrected chi connectivity index (χ3v) is 3.99. The van der Waals surface area contributed by atoms with E-state index in [0.717, 1.165) is 0 Å². The van der Waals surface area contributed by atoms with Gasteiger partial charge in [-0.15, -0.1) is 0 Å². The molecule has 1 aromatic carbocycles. The largest absolute Gasteiger partial charge is 0.348 e. The van der Waals surface area contributed by atoms with Gasteiger partial charge < -0.3 is 14.8 Å². The number of hydrogen-bond acceptors (Lipinski definition) is 5. The third-order valence-electron chi connectivity index (χ3n) is 3.67. The summed E-state index contributed by atoms with van der Waals surface area (Å²) in [7, 11) is 0. The van der Waals surface area contributed by atoms with Gasteiger partial charge in [-0.05, 0) is 18.2 Å². The van der Waals surface area contributed by atoms with E-state index in [1.807, 2.05) is 0 Å².